The maximum atomic E-state index is 10.0. The minimum Gasteiger partial charge on any atom is -0.481 e. The first-order chi connectivity index (χ1) is 7.48. The summed E-state index contributed by atoms with van der Waals surface area (Å²) in [5, 5.41) is 7.99. The van der Waals surface area contributed by atoms with Crippen molar-refractivity contribution in [2.75, 3.05) is 18.9 Å². The number of carboxylic acids is 1. The highest BCUT2D eigenvalue weighted by molar-refractivity contribution is 7.56. The van der Waals surface area contributed by atoms with Gasteiger partial charge < -0.3 is 30.4 Å². The molecule has 104 valence electrons. The van der Waals surface area contributed by atoms with Gasteiger partial charge >= 0.3 is 21.2 Å². The van der Waals surface area contributed by atoms with E-state index in [0.29, 0.717) is 13.0 Å². The van der Waals surface area contributed by atoms with Crippen molar-refractivity contribution in [3.8, 4) is 0 Å². The van der Waals surface area contributed by atoms with Crippen molar-refractivity contribution < 1.29 is 38.6 Å². The Morgan fingerprint density at radius 2 is 1.35 bits per heavy atom. The zero-order chi connectivity index (χ0) is 14.1. The molecule has 9 nitrogen and oxygen atoms in total. The van der Waals surface area contributed by atoms with E-state index in [2.05, 4.69) is 0 Å². The lowest BCUT2D eigenvalue weighted by atomic mass is 10.3. The fraction of sp³-hybridized carbons (Fsp3) is 0.833. The van der Waals surface area contributed by atoms with E-state index in [1.165, 1.54) is 0 Å². The van der Waals surface area contributed by atoms with Crippen molar-refractivity contribution in [3.05, 3.63) is 0 Å². The summed E-state index contributed by atoms with van der Waals surface area (Å²) in [7, 11) is -8.51. The monoisotopic (exact) mass is 293 g/mol. The number of hydrogen-bond donors (Lipinski definition) is 6. The van der Waals surface area contributed by atoms with Crippen LogP contribution in [0.1, 0.15) is 12.8 Å². The van der Waals surface area contributed by atoms with E-state index < -0.39 is 33.5 Å². The summed E-state index contributed by atoms with van der Waals surface area (Å²) in [6.07, 6.45) is -0.764. The van der Waals surface area contributed by atoms with Gasteiger partial charge in [0.1, 0.15) is 0 Å². The summed E-state index contributed by atoms with van der Waals surface area (Å²) in [4.78, 5) is 42.3. The molecule has 0 aromatic heterocycles. The van der Waals surface area contributed by atoms with Gasteiger partial charge in [0, 0.05) is 6.42 Å². The Balaban J connectivity index is 0. The van der Waals surface area contributed by atoms with Gasteiger partial charge in [-0.15, -0.1) is 0 Å². The fourth-order valence-corrected chi connectivity index (χ4v) is 2.60. The lowest BCUT2D eigenvalue weighted by Crippen LogP contribution is -2.02. The average molecular weight is 293 g/mol. The Kier molecular flexibility index (Phi) is 9.84. The van der Waals surface area contributed by atoms with Gasteiger partial charge in [0.15, 0.2) is 0 Å². The van der Waals surface area contributed by atoms with Gasteiger partial charge in [-0.2, -0.15) is 0 Å². The Labute approximate surface area is 98.0 Å². The van der Waals surface area contributed by atoms with Crippen molar-refractivity contribution in [2.24, 2.45) is 5.73 Å². The number of carboxylic acid groups (broad SMARTS) is 1. The van der Waals surface area contributed by atoms with Crippen molar-refractivity contribution >= 4 is 21.2 Å². The molecule has 0 saturated heterocycles. The van der Waals surface area contributed by atoms with Gasteiger partial charge in [-0.05, 0) is 13.0 Å². The smallest absolute Gasteiger partial charge is 0.326 e. The third-order valence-corrected chi connectivity index (χ3v) is 3.24. The summed E-state index contributed by atoms with van der Waals surface area (Å²) in [6, 6.07) is 0. The molecule has 0 amide bonds. The van der Waals surface area contributed by atoms with Crippen molar-refractivity contribution in [3.63, 3.8) is 0 Å². The number of nitrogens with two attached hydrogens (primary N) is 1. The Hall–Kier alpha value is -0.270. The summed E-state index contributed by atoms with van der Waals surface area (Å²) >= 11 is 0. The van der Waals surface area contributed by atoms with Crippen molar-refractivity contribution in [2.45, 2.75) is 12.8 Å². The van der Waals surface area contributed by atoms with Crippen LogP contribution in [0.5, 0.6) is 0 Å². The molecule has 0 fully saturated rings. The standard InChI is InChI=1S/C4H9NO2.C2H8O6P2/c5-3-1-2-4(6)7;3-9(4,5)1-2-10(6,7)8/h1-3,5H2,(H,6,7);1-2H2,(H2,3,4,5)(H2,6,7,8). The first-order valence-electron chi connectivity index (χ1n) is 4.49. The molecule has 0 bridgehead atoms. The molecule has 0 aliphatic rings. The minimum atomic E-state index is -4.25. The maximum absolute atomic E-state index is 10.0. The third kappa shape index (κ3) is 25.8. The van der Waals surface area contributed by atoms with Crippen LogP contribution >= 0.6 is 15.2 Å². The molecule has 0 spiro atoms. The molecule has 0 saturated carbocycles. The molecule has 11 heteroatoms. The highest BCUT2D eigenvalue weighted by Gasteiger charge is 2.20. The van der Waals surface area contributed by atoms with Gasteiger partial charge in [-0.25, -0.2) is 0 Å². The van der Waals surface area contributed by atoms with Gasteiger partial charge in [-0.1, -0.05) is 0 Å². The largest absolute Gasteiger partial charge is 0.481 e. The van der Waals surface area contributed by atoms with Crippen molar-refractivity contribution in [1.82, 2.24) is 0 Å². The maximum Gasteiger partial charge on any atom is 0.326 e. The van der Waals surface area contributed by atoms with Crippen LogP contribution in [0, 0.1) is 0 Å². The number of hydrogen-bond acceptors (Lipinski definition) is 4. The SMILES string of the molecule is NCCCC(=O)O.O=P(O)(O)CCP(=O)(O)O. The van der Waals surface area contributed by atoms with Crippen LogP contribution < -0.4 is 5.73 Å². The Morgan fingerprint density at radius 3 is 1.47 bits per heavy atom. The summed E-state index contributed by atoms with van der Waals surface area (Å²) < 4.78 is 20.1. The van der Waals surface area contributed by atoms with E-state index in [1.807, 2.05) is 0 Å². The summed E-state index contributed by atoms with van der Waals surface area (Å²) in [5.41, 5.74) is 5.01. The highest BCUT2D eigenvalue weighted by atomic mass is 31.2. The fourth-order valence-electron chi connectivity index (χ4n) is 0.514. The molecule has 0 rings (SSSR count). The second kappa shape index (κ2) is 8.77. The topological polar surface area (TPSA) is 178 Å². The zero-order valence-corrected chi connectivity index (χ0v) is 10.8. The second-order valence-corrected chi connectivity index (χ2v) is 6.62. The highest BCUT2D eigenvalue weighted by Crippen LogP contribution is 2.42. The molecule has 0 aromatic rings. The number of aliphatic carboxylic acids is 1. The van der Waals surface area contributed by atoms with Gasteiger partial charge in [0.05, 0.1) is 12.3 Å². The third-order valence-electron chi connectivity index (χ3n) is 1.28. The molecule has 7 N–H and O–H groups in total. The number of rotatable bonds is 6. The van der Waals surface area contributed by atoms with Crippen LogP contribution in [0.4, 0.5) is 0 Å². The summed E-state index contributed by atoms with van der Waals surface area (Å²) in [5.74, 6) is -0.773. The normalized spacial score (nSPS) is 11.6. The predicted molar refractivity (Wildman–Crippen MR) is 59.7 cm³/mol. The van der Waals surface area contributed by atoms with Crippen LogP contribution in [0.2, 0.25) is 0 Å². The van der Waals surface area contributed by atoms with Gasteiger partial charge in [-0.3, -0.25) is 13.9 Å². The molecule has 0 unspecified atom stereocenters. The Morgan fingerprint density at radius 1 is 1.00 bits per heavy atom. The number of carbonyl (C=O) groups is 1. The second-order valence-electron chi connectivity index (χ2n) is 3.06. The van der Waals surface area contributed by atoms with E-state index in [1.54, 1.807) is 0 Å². The summed E-state index contributed by atoms with van der Waals surface area (Å²) in [6.45, 7) is 0.465. The molecule has 0 aliphatic heterocycles. The average Bonchev–Trinajstić information content (AvgIpc) is 2.10. The molecule has 17 heavy (non-hydrogen) atoms. The van der Waals surface area contributed by atoms with Crippen LogP contribution in [-0.2, 0) is 13.9 Å². The zero-order valence-electron chi connectivity index (χ0n) is 8.97. The lowest BCUT2D eigenvalue weighted by Gasteiger charge is -2.03. The predicted octanol–water partition coefficient (Wildman–Crippen LogP) is -0.848. The Bertz CT molecular complexity index is 285. The van der Waals surface area contributed by atoms with E-state index in [9.17, 15) is 13.9 Å². The molecular weight excluding hydrogens is 276 g/mol. The molecule has 0 radical (unpaired) electrons. The van der Waals surface area contributed by atoms with Crippen LogP contribution in [0.3, 0.4) is 0 Å². The quantitative estimate of drug-likeness (QED) is 0.340. The minimum absolute atomic E-state index is 0.191. The van der Waals surface area contributed by atoms with E-state index in [-0.39, 0.29) is 6.42 Å². The van der Waals surface area contributed by atoms with Crippen molar-refractivity contribution in [1.29, 1.82) is 0 Å². The lowest BCUT2D eigenvalue weighted by molar-refractivity contribution is -0.137. The van der Waals surface area contributed by atoms with E-state index >= 15 is 0 Å². The van der Waals surface area contributed by atoms with Crippen LogP contribution in [0.25, 0.3) is 0 Å². The van der Waals surface area contributed by atoms with E-state index in [4.69, 9.17) is 30.4 Å². The van der Waals surface area contributed by atoms with Crippen LogP contribution in [-0.4, -0.2) is 49.5 Å². The van der Waals surface area contributed by atoms with Gasteiger partial charge in [0.2, 0.25) is 0 Å². The van der Waals surface area contributed by atoms with Gasteiger partial charge in [0.25, 0.3) is 0 Å². The van der Waals surface area contributed by atoms with E-state index in [0.717, 1.165) is 0 Å². The molecular formula is C6H17NO8P2. The molecule has 0 aromatic carbocycles. The molecule has 0 atom stereocenters. The molecule has 0 aliphatic carbocycles. The first-order valence-corrected chi connectivity index (χ1v) is 8.08. The molecule has 0 heterocycles. The van der Waals surface area contributed by atoms with Crippen LogP contribution in [0.15, 0.2) is 0 Å². The first kappa shape index (κ1) is 19.1.